The first-order valence-electron chi connectivity index (χ1n) is 10.4. The number of rotatable bonds is 1. The minimum Gasteiger partial charge on any atom is -0.0616 e. The van der Waals surface area contributed by atoms with Gasteiger partial charge in [0.25, 0.3) is 0 Å². The molecule has 0 unspecified atom stereocenters. The monoisotopic (exact) mass is 377 g/mol. The molecule has 0 N–H and O–H groups in total. The molecular formula is C30H17. The second-order valence-corrected chi connectivity index (χ2v) is 8.10. The lowest BCUT2D eigenvalue weighted by atomic mass is 9.88. The Labute approximate surface area is 174 Å². The molecule has 0 amide bonds. The summed E-state index contributed by atoms with van der Waals surface area (Å²) in [7, 11) is 0. The van der Waals surface area contributed by atoms with Crippen molar-refractivity contribution in [2.24, 2.45) is 0 Å². The van der Waals surface area contributed by atoms with Gasteiger partial charge in [-0.05, 0) is 83.2 Å². The first-order valence-corrected chi connectivity index (χ1v) is 10.4. The highest BCUT2D eigenvalue weighted by Gasteiger charge is 2.14. The zero-order valence-electron chi connectivity index (χ0n) is 16.3. The summed E-state index contributed by atoms with van der Waals surface area (Å²) < 4.78 is 0. The van der Waals surface area contributed by atoms with Crippen LogP contribution in [0.15, 0.2) is 103 Å². The summed E-state index contributed by atoms with van der Waals surface area (Å²) in [6.07, 6.45) is 0. The fourth-order valence-electron chi connectivity index (χ4n) is 5.12. The van der Waals surface area contributed by atoms with E-state index < -0.39 is 0 Å². The smallest absolute Gasteiger partial charge is 0.00139 e. The van der Waals surface area contributed by atoms with Gasteiger partial charge in [-0.15, -0.1) is 0 Å². The molecule has 0 spiro atoms. The summed E-state index contributed by atoms with van der Waals surface area (Å²) >= 11 is 0. The average molecular weight is 377 g/mol. The van der Waals surface area contributed by atoms with Crippen molar-refractivity contribution in [2.45, 2.75) is 0 Å². The molecule has 30 heavy (non-hydrogen) atoms. The Bertz CT molecular complexity index is 1620. The summed E-state index contributed by atoms with van der Waals surface area (Å²) in [6.45, 7) is 0. The van der Waals surface area contributed by atoms with Gasteiger partial charge < -0.3 is 0 Å². The molecule has 0 aromatic heterocycles. The van der Waals surface area contributed by atoms with Gasteiger partial charge in [0.05, 0.1) is 0 Å². The zero-order chi connectivity index (χ0) is 19.7. The van der Waals surface area contributed by atoms with E-state index in [-0.39, 0.29) is 0 Å². The minimum absolute atomic E-state index is 1.16. The Morgan fingerprint density at radius 2 is 0.933 bits per heavy atom. The lowest BCUT2D eigenvalue weighted by Gasteiger charge is -2.15. The van der Waals surface area contributed by atoms with Crippen molar-refractivity contribution in [2.75, 3.05) is 0 Å². The molecule has 0 saturated heterocycles. The highest BCUT2D eigenvalue weighted by molar-refractivity contribution is 6.24. The number of benzene rings is 7. The molecule has 7 aromatic rings. The predicted molar refractivity (Wildman–Crippen MR) is 129 cm³/mol. The maximum Gasteiger partial charge on any atom is -0.00139 e. The third-order valence-corrected chi connectivity index (χ3v) is 6.41. The second-order valence-electron chi connectivity index (χ2n) is 8.10. The van der Waals surface area contributed by atoms with Gasteiger partial charge >= 0.3 is 0 Å². The molecule has 0 fully saturated rings. The molecule has 0 saturated carbocycles. The SMILES string of the molecule is [c]1c2ccccc2c(-c2cc3ccc4cccc5ccc(c2)c3c45)c2ccccc12. The van der Waals surface area contributed by atoms with E-state index in [0.29, 0.717) is 0 Å². The maximum atomic E-state index is 3.60. The van der Waals surface area contributed by atoms with Crippen molar-refractivity contribution >= 4 is 53.9 Å². The third-order valence-electron chi connectivity index (χ3n) is 6.41. The van der Waals surface area contributed by atoms with Crippen LogP contribution in [0.4, 0.5) is 0 Å². The van der Waals surface area contributed by atoms with Crippen LogP contribution in [0.2, 0.25) is 0 Å². The normalized spacial score (nSPS) is 12.0. The quantitative estimate of drug-likeness (QED) is 0.199. The summed E-state index contributed by atoms with van der Waals surface area (Å²) in [6, 6.07) is 41.2. The van der Waals surface area contributed by atoms with E-state index in [1.54, 1.807) is 0 Å². The van der Waals surface area contributed by atoms with Crippen molar-refractivity contribution in [3.8, 4) is 11.1 Å². The standard InChI is InChI=1S/C30H17/c1-3-10-26-21(6-1)16-22-7-2-4-11-27(22)30(26)25-17-23-14-12-19-8-5-9-20-13-15-24(18-25)29(23)28(19)20/h1-15,17-18H. The van der Waals surface area contributed by atoms with Crippen LogP contribution in [0, 0.1) is 6.07 Å². The highest BCUT2D eigenvalue weighted by atomic mass is 14.2. The van der Waals surface area contributed by atoms with Gasteiger partial charge in [0.2, 0.25) is 0 Å². The van der Waals surface area contributed by atoms with E-state index in [1.807, 2.05) is 0 Å². The fourth-order valence-corrected chi connectivity index (χ4v) is 5.12. The zero-order valence-corrected chi connectivity index (χ0v) is 16.3. The van der Waals surface area contributed by atoms with Gasteiger partial charge in [-0.3, -0.25) is 0 Å². The van der Waals surface area contributed by atoms with E-state index in [9.17, 15) is 0 Å². The molecule has 0 aliphatic carbocycles. The molecule has 0 atom stereocenters. The van der Waals surface area contributed by atoms with Crippen LogP contribution in [0.25, 0.3) is 65.0 Å². The Balaban J connectivity index is 1.67. The molecule has 0 nitrogen and oxygen atoms in total. The van der Waals surface area contributed by atoms with E-state index in [2.05, 4.69) is 109 Å². The number of hydrogen-bond donors (Lipinski definition) is 0. The first-order chi connectivity index (χ1) is 14.9. The van der Waals surface area contributed by atoms with Gasteiger partial charge in [0.1, 0.15) is 0 Å². The molecule has 137 valence electrons. The highest BCUT2D eigenvalue weighted by Crippen LogP contribution is 2.41. The van der Waals surface area contributed by atoms with Crippen LogP contribution < -0.4 is 0 Å². The molecule has 1 radical (unpaired) electrons. The van der Waals surface area contributed by atoms with Gasteiger partial charge in [-0.1, -0.05) is 91.0 Å². The molecule has 0 aliphatic rings. The Hall–Kier alpha value is -3.90. The van der Waals surface area contributed by atoms with E-state index in [1.165, 1.54) is 54.2 Å². The lowest BCUT2D eigenvalue weighted by molar-refractivity contribution is 1.71. The summed E-state index contributed by atoms with van der Waals surface area (Å²) in [5.74, 6) is 0. The lowest BCUT2D eigenvalue weighted by Crippen LogP contribution is -1.88. The van der Waals surface area contributed by atoms with Crippen molar-refractivity contribution in [1.29, 1.82) is 0 Å². The van der Waals surface area contributed by atoms with Crippen molar-refractivity contribution in [1.82, 2.24) is 0 Å². The van der Waals surface area contributed by atoms with Gasteiger partial charge in [-0.2, -0.15) is 0 Å². The summed E-state index contributed by atoms with van der Waals surface area (Å²) in [4.78, 5) is 0. The maximum absolute atomic E-state index is 3.60. The van der Waals surface area contributed by atoms with Gasteiger partial charge in [0.15, 0.2) is 0 Å². The molecule has 0 heteroatoms. The van der Waals surface area contributed by atoms with Crippen LogP contribution in [0.5, 0.6) is 0 Å². The number of hydrogen-bond acceptors (Lipinski definition) is 0. The van der Waals surface area contributed by atoms with Gasteiger partial charge in [-0.25, -0.2) is 0 Å². The summed E-state index contributed by atoms with van der Waals surface area (Å²) in [5.41, 5.74) is 2.56. The Morgan fingerprint density at radius 1 is 0.433 bits per heavy atom. The molecule has 7 rings (SSSR count). The van der Waals surface area contributed by atoms with E-state index in [0.717, 1.165) is 10.8 Å². The Kier molecular flexibility index (Phi) is 3.09. The molecule has 0 bridgehead atoms. The molecule has 0 heterocycles. The van der Waals surface area contributed by atoms with Crippen LogP contribution in [-0.2, 0) is 0 Å². The molecule has 7 aromatic carbocycles. The largest absolute Gasteiger partial charge is 0.0616 e. The van der Waals surface area contributed by atoms with Crippen molar-refractivity contribution < 1.29 is 0 Å². The Morgan fingerprint density at radius 3 is 1.53 bits per heavy atom. The van der Waals surface area contributed by atoms with Crippen LogP contribution in [-0.4, -0.2) is 0 Å². The van der Waals surface area contributed by atoms with E-state index >= 15 is 0 Å². The third kappa shape index (κ3) is 2.11. The topological polar surface area (TPSA) is 0 Å². The number of fused-ring (bicyclic) bond motifs is 2. The minimum atomic E-state index is 1.16. The van der Waals surface area contributed by atoms with Crippen LogP contribution in [0.1, 0.15) is 0 Å². The fraction of sp³-hybridized carbons (Fsp3) is 0. The van der Waals surface area contributed by atoms with Gasteiger partial charge in [0, 0.05) is 0 Å². The van der Waals surface area contributed by atoms with Crippen molar-refractivity contribution in [3.05, 3.63) is 109 Å². The second kappa shape index (κ2) is 5.81. The van der Waals surface area contributed by atoms with E-state index in [4.69, 9.17) is 0 Å². The first kappa shape index (κ1) is 16.0. The predicted octanol–water partition coefficient (Wildman–Crippen LogP) is 8.36. The van der Waals surface area contributed by atoms with Crippen LogP contribution >= 0.6 is 0 Å². The average Bonchev–Trinajstić information content (AvgIpc) is 2.80. The van der Waals surface area contributed by atoms with Crippen LogP contribution in [0.3, 0.4) is 0 Å². The molecule has 0 aliphatic heterocycles. The molecular weight excluding hydrogens is 360 g/mol. The van der Waals surface area contributed by atoms with Crippen molar-refractivity contribution in [3.63, 3.8) is 0 Å². The summed E-state index contributed by atoms with van der Waals surface area (Å²) in [5, 5.41) is 12.8.